The van der Waals surface area contributed by atoms with E-state index in [0.29, 0.717) is 16.9 Å². The van der Waals surface area contributed by atoms with Crippen molar-refractivity contribution in [2.45, 2.75) is 30.3 Å². The topological polar surface area (TPSA) is 139 Å². The Kier molecular flexibility index (Phi) is 4.50. The Bertz CT molecular complexity index is 1130. The van der Waals surface area contributed by atoms with E-state index in [1.54, 1.807) is 12.1 Å². The number of nitrogens with one attached hydrogen (secondary N) is 2. The number of hydrogen-bond acceptors (Lipinski definition) is 6. The summed E-state index contributed by atoms with van der Waals surface area (Å²) in [5.74, 6) is -1.36. The Hall–Kier alpha value is -3.40. The third-order valence-electron chi connectivity index (χ3n) is 4.99. The van der Waals surface area contributed by atoms with Crippen LogP contribution in [0.1, 0.15) is 28.8 Å². The first-order chi connectivity index (χ1) is 13.8. The predicted molar refractivity (Wildman–Crippen MR) is 104 cm³/mol. The van der Waals surface area contributed by atoms with Crippen molar-refractivity contribution in [1.82, 2.24) is 10.2 Å². The molecule has 3 amide bonds. The molecule has 4 N–H and O–H groups in total. The highest BCUT2D eigenvalue weighted by Crippen LogP contribution is 2.32. The number of piperidine rings is 1. The molecule has 0 radical (unpaired) electrons. The summed E-state index contributed by atoms with van der Waals surface area (Å²) in [6.07, 6.45) is 0.330. The van der Waals surface area contributed by atoms with Crippen LogP contribution >= 0.6 is 0 Å². The highest BCUT2D eigenvalue weighted by molar-refractivity contribution is 7.92. The third kappa shape index (κ3) is 3.42. The van der Waals surface area contributed by atoms with Crippen LogP contribution in [0.2, 0.25) is 0 Å². The Balaban J connectivity index is 1.65. The molecule has 29 heavy (non-hydrogen) atoms. The number of sulfonamides is 1. The van der Waals surface area contributed by atoms with Gasteiger partial charge < -0.3 is 10.6 Å². The van der Waals surface area contributed by atoms with Crippen molar-refractivity contribution >= 4 is 39.1 Å². The zero-order valence-corrected chi connectivity index (χ0v) is 16.0. The van der Waals surface area contributed by atoms with Crippen LogP contribution in [-0.4, -0.2) is 37.1 Å². The molecule has 0 spiro atoms. The fourth-order valence-corrected chi connectivity index (χ4v) is 4.88. The molecule has 1 fully saturated rings. The van der Waals surface area contributed by atoms with E-state index in [-0.39, 0.29) is 35.8 Å². The molecule has 0 aromatic heterocycles. The molecular formula is C19H18N4O5S. The Morgan fingerprint density at radius 1 is 1.07 bits per heavy atom. The summed E-state index contributed by atoms with van der Waals surface area (Å²) in [6.45, 7) is -0.0285. The van der Waals surface area contributed by atoms with Crippen molar-refractivity contribution in [1.29, 1.82) is 0 Å². The van der Waals surface area contributed by atoms with Gasteiger partial charge in [-0.05, 0) is 42.8 Å². The minimum atomic E-state index is -3.98. The van der Waals surface area contributed by atoms with Crippen LogP contribution in [0.3, 0.4) is 0 Å². The van der Waals surface area contributed by atoms with Crippen molar-refractivity contribution < 1.29 is 22.8 Å². The van der Waals surface area contributed by atoms with Gasteiger partial charge in [0.1, 0.15) is 6.04 Å². The monoisotopic (exact) mass is 414 g/mol. The summed E-state index contributed by atoms with van der Waals surface area (Å²) in [4.78, 5) is 37.7. The minimum Gasteiger partial charge on any atom is -0.399 e. The quantitative estimate of drug-likeness (QED) is 0.500. The molecule has 2 heterocycles. The lowest BCUT2D eigenvalue weighted by Gasteiger charge is -2.29. The van der Waals surface area contributed by atoms with Crippen LogP contribution < -0.4 is 15.8 Å². The molecule has 0 aliphatic carbocycles. The zero-order valence-electron chi connectivity index (χ0n) is 15.2. The summed E-state index contributed by atoms with van der Waals surface area (Å²) in [5.41, 5.74) is 7.01. The van der Waals surface area contributed by atoms with Gasteiger partial charge in [0, 0.05) is 35.5 Å². The van der Waals surface area contributed by atoms with Crippen molar-refractivity contribution in [3.8, 4) is 0 Å². The first kappa shape index (κ1) is 18.9. The van der Waals surface area contributed by atoms with Crippen LogP contribution in [-0.2, 0) is 26.2 Å². The molecule has 4 rings (SSSR count). The van der Waals surface area contributed by atoms with Crippen LogP contribution in [0.15, 0.2) is 47.4 Å². The number of nitrogen functional groups attached to an aromatic ring is 1. The van der Waals surface area contributed by atoms with E-state index in [0.717, 1.165) is 0 Å². The smallest absolute Gasteiger partial charge is 0.262 e. The molecule has 2 aliphatic heterocycles. The second-order valence-electron chi connectivity index (χ2n) is 6.91. The molecule has 1 saturated heterocycles. The standard InChI is InChI=1S/C19H18N4O5S/c20-11-4-6-12(7-5-11)22-29(27,28)16-3-1-2-13-14(16)10-23(19(13)26)15-8-9-17(24)21-18(15)25/h1-7,15,22H,8-10,20H2,(H,21,24,25). The maximum absolute atomic E-state index is 12.9. The summed E-state index contributed by atoms with van der Waals surface area (Å²) >= 11 is 0. The summed E-state index contributed by atoms with van der Waals surface area (Å²) in [6, 6.07) is 9.85. The van der Waals surface area contributed by atoms with Crippen molar-refractivity contribution in [2.75, 3.05) is 10.5 Å². The number of nitrogens with two attached hydrogens (primary N) is 1. The minimum absolute atomic E-state index is 0.0285. The molecule has 0 saturated carbocycles. The van der Waals surface area contributed by atoms with Crippen LogP contribution in [0.4, 0.5) is 11.4 Å². The molecule has 9 nitrogen and oxygen atoms in total. The van der Waals surface area contributed by atoms with Gasteiger partial charge in [0.05, 0.1) is 4.90 Å². The summed E-state index contributed by atoms with van der Waals surface area (Å²) < 4.78 is 28.4. The second-order valence-corrected chi connectivity index (χ2v) is 8.56. The van der Waals surface area contributed by atoms with E-state index in [2.05, 4.69) is 10.0 Å². The molecule has 2 aromatic rings. The average molecular weight is 414 g/mol. The number of benzene rings is 2. The first-order valence-corrected chi connectivity index (χ1v) is 10.4. The van der Waals surface area contributed by atoms with Gasteiger partial charge in [-0.2, -0.15) is 0 Å². The third-order valence-corrected chi connectivity index (χ3v) is 6.46. The SMILES string of the molecule is Nc1ccc(NS(=O)(=O)c2cccc3c2CN(C2CCC(=O)NC2=O)C3=O)cc1. The molecule has 150 valence electrons. The number of amides is 3. The van der Waals surface area contributed by atoms with E-state index in [4.69, 9.17) is 5.73 Å². The van der Waals surface area contributed by atoms with E-state index in [9.17, 15) is 22.8 Å². The number of rotatable bonds is 4. The Morgan fingerprint density at radius 3 is 2.48 bits per heavy atom. The van der Waals surface area contributed by atoms with Gasteiger partial charge in [0.25, 0.3) is 15.9 Å². The van der Waals surface area contributed by atoms with E-state index < -0.39 is 27.9 Å². The number of fused-ring (bicyclic) bond motifs is 1. The molecule has 0 bridgehead atoms. The van der Waals surface area contributed by atoms with Gasteiger partial charge in [-0.15, -0.1) is 0 Å². The summed E-state index contributed by atoms with van der Waals surface area (Å²) in [7, 11) is -3.98. The largest absolute Gasteiger partial charge is 0.399 e. The summed E-state index contributed by atoms with van der Waals surface area (Å²) in [5, 5.41) is 2.22. The van der Waals surface area contributed by atoms with Gasteiger partial charge in [-0.1, -0.05) is 6.07 Å². The van der Waals surface area contributed by atoms with Crippen LogP contribution in [0.25, 0.3) is 0 Å². The van der Waals surface area contributed by atoms with Gasteiger partial charge in [0.2, 0.25) is 11.8 Å². The lowest BCUT2D eigenvalue weighted by molar-refractivity contribution is -0.136. The highest BCUT2D eigenvalue weighted by atomic mass is 32.2. The maximum atomic E-state index is 12.9. The number of carbonyl (C=O) groups is 3. The number of imide groups is 1. The Morgan fingerprint density at radius 2 is 1.79 bits per heavy atom. The van der Waals surface area contributed by atoms with Gasteiger partial charge in [-0.25, -0.2) is 8.42 Å². The predicted octanol–water partition coefficient (Wildman–Crippen LogP) is 0.831. The fraction of sp³-hybridized carbons (Fsp3) is 0.211. The molecule has 10 heteroatoms. The van der Waals surface area contributed by atoms with Crippen molar-refractivity contribution in [3.05, 3.63) is 53.6 Å². The van der Waals surface area contributed by atoms with Crippen LogP contribution in [0, 0.1) is 0 Å². The lowest BCUT2D eigenvalue weighted by atomic mass is 10.0. The fourth-order valence-electron chi connectivity index (χ4n) is 3.57. The normalized spacial score (nSPS) is 19.1. The number of carbonyl (C=O) groups excluding carboxylic acids is 3. The molecular weight excluding hydrogens is 396 g/mol. The average Bonchev–Trinajstić information content (AvgIpc) is 3.00. The Labute approximate surface area is 166 Å². The first-order valence-electron chi connectivity index (χ1n) is 8.91. The van der Waals surface area contributed by atoms with Crippen LogP contribution in [0.5, 0.6) is 0 Å². The second kappa shape index (κ2) is 6.89. The number of hydrogen-bond donors (Lipinski definition) is 3. The van der Waals surface area contributed by atoms with Crippen molar-refractivity contribution in [3.63, 3.8) is 0 Å². The van der Waals surface area contributed by atoms with E-state index in [1.165, 1.54) is 35.2 Å². The molecule has 1 atom stereocenters. The molecule has 1 unspecified atom stereocenters. The highest BCUT2D eigenvalue weighted by Gasteiger charge is 2.41. The zero-order chi connectivity index (χ0) is 20.8. The van der Waals surface area contributed by atoms with Crippen molar-refractivity contribution in [2.24, 2.45) is 0 Å². The van der Waals surface area contributed by atoms with E-state index in [1.807, 2.05) is 0 Å². The number of anilines is 2. The maximum Gasteiger partial charge on any atom is 0.262 e. The molecule has 2 aromatic carbocycles. The number of nitrogens with zero attached hydrogens (tertiary/aromatic N) is 1. The van der Waals surface area contributed by atoms with Gasteiger partial charge in [0.15, 0.2) is 0 Å². The lowest BCUT2D eigenvalue weighted by Crippen LogP contribution is -2.52. The molecule has 2 aliphatic rings. The van der Waals surface area contributed by atoms with Gasteiger partial charge in [-0.3, -0.25) is 24.4 Å². The van der Waals surface area contributed by atoms with Gasteiger partial charge >= 0.3 is 0 Å². The van der Waals surface area contributed by atoms with E-state index >= 15 is 0 Å².